The minimum absolute atomic E-state index is 0.0857. The molecule has 2 aromatic rings. The molecular formula is C16H19N3OS. The maximum absolute atomic E-state index is 12.5. The van der Waals surface area contributed by atoms with Gasteiger partial charge in [0.25, 0.3) is 0 Å². The van der Waals surface area contributed by atoms with Gasteiger partial charge in [-0.15, -0.1) is 11.3 Å². The lowest BCUT2D eigenvalue weighted by Gasteiger charge is -2.34. The lowest BCUT2D eigenvalue weighted by Crippen LogP contribution is -2.38. The molecule has 1 aliphatic heterocycles. The fraction of sp³-hybridized carbons (Fsp3) is 0.375. The fourth-order valence-electron chi connectivity index (χ4n) is 2.89. The van der Waals surface area contributed by atoms with Crippen LogP contribution in [0.3, 0.4) is 0 Å². The molecule has 0 aliphatic carbocycles. The number of carbonyl (C=O) groups excluding carboxylic acids is 1. The Balaban J connectivity index is 1.77. The van der Waals surface area contributed by atoms with Crippen LogP contribution in [-0.4, -0.2) is 27.1 Å². The molecule has 0 fully saturated rings. The number of nitrogens with zero attached hydrogens (tertiary/aromatic N) is 3. The van der Waals surface area contributed by atoms with Crippen molar-refractivity contribution in [1.82, 2.24) is 14.7 Å². The number of hydrogen-bond donors (Lipinski definition) is 0. The molecule has 0 radical (unpaired) electrons. The van der Waals surface area contributed by atoms with Crippen molar-refractivity contribution < 1.29 is 4.79 Å². The summed E-state index contributed by atoms with van der Waals surface area (Å²) in [5, 5.41) is 6.23. The average molecular weight is 301 g/mol. The van der Waals surface area contributed by atoms with Gasteiger partial charge in [0.1, 0.15) is 0 Å². The largest absolute Gasteiger partial charge is 0.332 e. The molecule has 1 amide bonds. The third-order valence-electron chi connectivity index (χ3n) is 3.91. The minimum atomic E-state index is 0.0857. The number of aromatic nitrogens is 2. The van der Waals surface area contributed by atoms with Crippen molar-refractivity contribution in [2.45, 2.75) is 25.8 Å². The molecule has 0 saturated heterocycles. The molecule has 4 nitrogen and oxygen atoms in total. The summed E-state index contributed by atoms with van der Waals surface area (Å²) in [6.45, 7) is 2.95. The van der Waals surface area contributed by atoms with Gasteiger partial charge in [-0.1, -0.05) is 6.92 Å². The van der Waals surface area contributed by atoms with E-state index in [1.54, 1.807) is 28.3 Å². The number of amides is 1. The lowest BCUT2D eigenvalue weighted by atomic mass is 9.97. The number of carbonyl (C=O) groups is 1. The quantitative estimate of drug-likeness (QED) is 0.817. The first-order chi connectivity index (χ1) is 10.2. The third-order valence-corrected chi connectivity index (χ3v) is 4.90. The highest BCUT2D eigenvalue weighted by Crippen LogP contribution is 2.35. The molecule has 110 valence electrons. The molecule has 1 atom stereocenters. The van der Waals surface area contributed by atoms with E-state index in [4.69, 9.17) is 0 Å². The van der Waals surface area contributed by atoms with E-state index in [2.05, 4.69) is 23.5 Å². The van der Waals surface area contributed by atoms with Gasteiger partial charge >= 0.3 is 0 Å². The highest BCUT2D eigenvalue weighted by molar-refractivity contribution is 7.10. The van der Waals surface area contributed by atoms with Gasteiger partial charge < -0.3 is 4.90 Å². The Morgan fingerprint density at radius 3 is 3.14 bits per heavy atom. The van der Waals surface area contributed by atoms with Gasteiger partial charge in [0.05, 0.1) is 12.2 Å². The normalized spacial score (nSPS) is 18.2. The van der Waals surface area contributed by atoms with Crippen LogP contribution in [0, 0.1) is 0 Å². The molecule has 0 saturated carbocycles. The molecule has 2 aromatic heterocycles. The van der Waals surface area contributed by atoms with Gasteiger partial charge in [0.2, 0.25) is 5.91 Å². The minimum Gasteiger partial charge on any atom is -0.332 e. The smallest absolute Gasteiger partial charge is 0.247 e. The first-order valence-corrected chi connectivity index (χ1v) is 8.10. The van der Waals surface area contributed by atoms with Crippen LogP contribution in [-0.2, 0) is 18.3 Å². The van der Waals surface area contributed by atoms with Crippen LogP contribution in [0.4, 0.5) is 0 Å². The highest BCUT2D eigenvalue weighted by Gasteiger charge is 2.29. The van der Waals surface area contributed by atoms with Gasteiger partial charge in [0.15, 0.2) is 0 Å². The standard InChI is InChI=1S/C16H19N3OS/c1-3-14-13-7-9-21-15(13)6-8-19(14)16(20)5-4-12-10-17-18(2)11-12/h4-5,7,9-11,14H,3,6,8H2,1-2H3/b5-4+/t14-/m0/s1. The van der Waals surface area contributed by atoms with Crippen molar-refractivity contribution in [3.8, 4) is 0 Å². The van der Waals surface area contributed by atoms with Gasteiger partial charge in [0, 0.05) is 36.3 Å². The van der Waals surface area contributed by atoms with Gasteiger partial charge in [-0.2, -0.15) is 5.10 Å². The first-order valence-electron chi connectivity index (χ1n) is 7.22. The number of rotatable bonds is 3. The van der Waals surface area contributed by atoms with E-state index in [0.29, 0.717) is 0 Å². The van der Waals surface area contributed by atoms with Crippen molar-refractivity contribution in [2.75, 3.05) is 6.54 Å². The maximum atomic E-state index is 12.5. The van der Waals surface area contributed by atoms with Crippen molar-refractivity contribution in [3.63, 3.8) is 0 Å². The summed E-state index contributed by atoms with van der Waals surface area (Å²) in [7, 11) is 1.87. The SMILES string of the molecule is CC[C@H]1c2ccsc2CCN1C(=O)/C=C/c1cnn(C)c1. The Morgan fingerprint density at radius 2 is 2.43 bits per heavy atom. The van der Waals surface area contributed by atoms with Crippen LogP contribution in [0.15, 0.2) is 29.9 Å². The Hall–Kier alpha value is -1.88. The van der Waals surface area contributed by atoms with Crippen molar-refractivity contribution in [3.05, 3.63) is 45.9 Å². The molecule has 3 heterocycles. The van der Waals surface area contributed by atoms with Crippen LogP contribution in [0.5, 0.6) is 0 Å². The van der Waals surface area contributed by atoms with Crippen LogP contribution < -0.4 is 0 Å². The van der Waals surface area contributed by atoms with E-state index < -0.39 is 0 Å². The predicted molar refractivity (Wildman–Crippen MR) is 85.0 cm³/mol. The molecule has 0 unspecified atom stereocenters. The topological polar surface area (TPSA) is 38.1 Å². The van der Waals surface area contributed by atoms with E-state index in [9.17, 15) is 4.79 Å². The van der Waals surface area contributed by atoms with Gasteiger partial charge in [-0.05, 0) is 35.9 Å². The number of hydrogen-bond acceptors (Lipinski definition) is 3. The molecule has 0 N–H and O–H groups in total. The van der Waals surface area contributed by atoms with Crippen LogP contribution in [0.25, 0.3) is 6.08 Å². The zero-order chi connectivity index (χ0) is 14.8. The fourth-order valence-corrected chi connectivity index (χ4v) is 3.82. The van der Waals surface area contributed by atoms with Crippen LogP contribution in [0.1, 0.15) is 35.4 Å². The van der Waals surface area contributed by atoms with Crippen molar-refractivity contribution in [1.29, 1.82) is 0 Å². The number of aryl methyl sites for hydroxylation is 1. The Labute approximate surface area is 128 Å². The average Bonchev–Trinajstić information content (AvgIpc) is 3.12. The summed E-state index contributed by atoms with van der Waals surface area (Å²) >= 11 is 1.80. The molecule has 1 aliphatic rings. The number of fused-ring (bicyclic) bond motifs is 1. The molecule has 3 rings (SSSR count). The van der Waals surface area contributed by atoms with E-state index in [1.807, 2.05) is 24.2 Å². The van der Waals surface area contributed by atoms with Crippen LogP contribution >= 0.6 is 11.3 Å². The second-order valence-electron chi connectivity index (χ2n) is 5.29. The second-order valence-corrected chi connectivity index (χ2v) is 6.29. The molecule has 0 spiro atoms. The third kappa shape index (κ3) is 2.78. The maximum Gasteiger partial charge on any atom is 0.247 e. The highest BCUT2D eigenvalue weighted by atomic mass is 32.1. The monoisotopic (exact) mass is 301 g/mol. The van der Waals surface area contributed by atoms with Crippen molar-refractivity contribution >= 4 is 23.3 Å². The van der Waals surface area contributed by atoms with Gasteiger partial charge in [-0.3, -0.25) is 9.48 Å². The van der Waals surface area contributed by atoms with E-state index >= 15 is 0 Å². The van der Waals surface area contributed by atoms with E-state index in [1.165, 1.54) is 10.4 Å². The summed E-state index contributed by atoms with van der Waals surface area (Å²) in [5.41, 5.74) is 2.28. The molecule has 0 aromatic carbocycles. The van der Waals surface area contributed by atoms with Gasteiger partial charge in [-0.25, -0.2) is 0 Å². The number of thiophene rings is 1. The lowest BCUT2D eigenvalue weighted by molar-refractivity contribution is -0.128. The van der Waals surface area contributed by atoms with Crippen LogP contribution in [0.2, 0.25) is 0 Å². The zero-order valence-corrected chi connectivity index (χ0v) is 13.1. The summed E-state index contributed by atoms with van der Waals surface area (Å²) < 4.78 is 1.73. The van der Waals surface area contributed by atoms with Crippen molar-refractivity contribution in [2.24, 2.45) is 7.05 Å². The summed E-state index contributed by atoms with van der Waals surface area (Å²) in [5.74, 6) is 0.0857. The summed E-state index contributed by atoms with van der Waals surface area (Å²) in [4.78, 5) is 15.9. The Bertz CT molecular complexity index is 671. The molecular weight excluding hydrogens is 282 g/mol. The molecule has 21 heavy (non-hydrogen) atoms. The predicted octanol–water partition coefficient (Wildman–Crippen LogP) is 3.03. The molecule has 0 bridgehead atoms. The summed E-state index contributed by atoms with van der Waals surface area (Å²) in [6, 6.07) is 2.38. The Kier molecular flexibility index (Phi) is 3.92. The summed E-state index contributed by atoms with van der Waals surface area (Å²) in [6.07, 6.45) is 9.08. The van der Waals surface area contributed by atoms with E-state index in [0.717, 1.165) is 24.9 Å². The first kappa shape index (κ1) is 14.1. The Morgan fingerprint density at radius 1 is 1.57 bits per heavy atom. The second kappa shape index (κ2) is 5.85. The van der Waals surface area contributed by atoms with E-state index in [-0.39, 0.29) is 11.9 Å². The zero-order valence-electron chi connectivity index (χ0n) is 12.3. The molecule has 5 heteroatoms.